The molecule has 0 unspecified atom stereocenters. The Balaban J connectivity index is 4.28. The van der Waals surface area contributed by atoms with Gasteiger partial charge in [0.2, 0.25) is 5.96 Å². The van der Waals surface area contributed by atoms with Crippen molar-refractivity contribution in [2.45, 2.75) is 6.92 Å². The Morgan fingerprint density at radius 1 is 1.36 bits per heavy atom. The molecule has 1 N–H and O–H groups in total. The van der Waals surface area contributed by atoms with Crippen LogP contribution in [0.25, 0.3) is 0 Å². The summed E-state index contributed by atoms with van der Waals surface area (Å²) in [4.78, 5) is 10.0. The highest BCUT2D eigenvalue weighted by molar-refractivity contribution is 5.94. The molecule has 0 amide bonds. The molecule has 0 aromatic rings. The van der Waals surface area contributed by atoms with Crippen molar-refractivity contribution in [1.82, 2.24) is 10.2 Å². The molecule has 0 bridgehead atoms. The summed E-state index contributed by atoms with van der Waals surface area (Å²) >= 11 is 0. The topological polar surface area (TPSA) is 40.0 Å². The molecule has 0 rings (SSSR count). The smallest absolute Gasteiger partial charge is 0.219 e. The number of guanidine groups is 1. The fraction of sp³-hybridized carbons (Fsp3) is 0.714. The molecule has 0 aliphatic carbocycles. The average molecular weight is 156 g/mol. The highest BCUT2D eigenvalue weighted by Gasteiger charge is 1.94. The third-order valence-corrected chi connectivity index (χ3v) is 1.35. The van der Waals surface area contributed by atoms with Crippen LogP contribution in [0.1, 0.15) is 6.92 Å². The number of aliphatic imine (C=N–C) groups is 2. The van der Waals surface area contributed by atoms with Gasteiger partial charge in [-0.15, -0.1) is 0 Å². The molecule has 0 aliphatic rings. The van der Waals surface area contributed by atoms with E-state index in [1.807, 2.05) is 25.9 Å². The molecule has 64 valence electrons. The third kappa shape index (κ3) is 3.60. The van der Waals surface area contributed by atoms with Crippen molar-refractivity contribution < 1.29 is 0 Å². The van der Waals surface area contributed by atoms with Gasteiger partial charge in [0.05, 0.1) is 0 Å². The molecule has 0 aliphatic heterocycles. The summed E-state index contributed by atoms with van der Waals surface area (Å²) in [7, 11) is 7.40. The van der Waals surface area contributed by atoms with Gasteiger partial charge in [-0.05, 0) is 6.92 Å². The zero-order valence-electron chi connectivity index (χ0n) is 7.84. The van der Waals surface area contributed by atoms with Crippen molar-refractivity contribution in [3.63, 3.8) is 0 Å². The lowest BCUT2D eigenvalue weighted by Gasteiger charge is -2.10. The van der Waals surface area contributed by atoms with Gasteiger partial charge < -0.3 is 10.2 Å². The van der Waals surface area contributed by atoms with Crippen LogP contribution in [0, 0.1) is 0 Å². The maximum absolute atomic E-state index is 4.19. The van der Waals surface area contributed by atoms with E-state index in [4.69, 9.17) is 0 Å². The Hall–Kier alpha value is -1.06. The molecule has 0 heterocycles. The van der Waals surface area contributed by atoms with Gasteiger partial charge in [0, 0.05) is 28.2 Å². The second-order valence-corrected chi connectivity index (χ2v) is 2.35. The summed E-state index contributed by atoms with van der Waals surface area (Å²) in [5, 5.41) is 2.87. The molecule has 4 nitrogen and oxygen atoms in total. The Morgan fingerprint density at radius 2 is 1.91 bits per heavy atom. The van der Waals surface area contributed by atoms with Gasteiger partial charge in [-0.2, -0.15) is 0 Å². The Morgan fingerprint density at radius 3 is 2.18 bits per heavy atom. The minimum atomic E-state index is 0.649. The van der Waals surface area contributed by atoms with Gasteiger partial charge in [-0.1, -0.05) is 0 Å². The van der Waals surface area contributed by atoms with Crippen LogP contribution in [-0.2, 0) is 0 Å². The van der Waals surface area contributed by atoms with Crippen LogP contribution < -0.4 is 5.32 Å². The first kappa shape index (κ1) is 9.94. The van der Waals surface area contributed by atoms with Crippen molar-refractivity contribution in [3.05, 3.63) is 0 Å². The molecule has 0 spiro atoms. The molecule has 0 saturated heterocycles. The Kier molecular flexibility index (Phi) is 4.26. The van der Waals surface area contributed by atoms with Crippen molar-refractivity contribution in [3.8, 4) is 0 Å². The van der Waals surface area contributed by atoms with E-state index in [0.717, 1.165) is 5.84 Å². The Labute approximate surface area is 68.0 Å². The molecular formula is C7H16N4. The van der Waals surface area contributed by atoms with Gasteiger partial charge in [-0.3, -0.25) is 4.99 Å². The van der Waals surface area contributed by atoms with Gasteiger partial charge in [0.15, 0.2) is 0 Å². The molecule has 0 atom stereocenters. The van der Waals surface area contributed by atoms with Gasteiger partial charge >= 0.3 is 0 Å². The number of hydrogen-bond donors (Lipinski definition) is 1. The lowest BCUT2D eigenvalue weighted by Crippen LogP contribution is -2.24. The van der Waals surface area contributed by atoms with Crippen molar-refractivity contribution in [2.75, 3.05) is 28.2 Å². The second kappa shape index (κ2) is 4.71. The first-order valence-electron chi connectivity index (χ1n) is 3.49. The molecule has 0 radical (unpaired) electrons. The molecule has 0 aromatic carbocycles. The quantitative estimate of drug-likeness (QED) is 0.401. The minimum absolute atomic E-state index is 0.649. The summed E-state index contributed by atoms with van der Waals surface area (Å²) in [6, 6.07) is 0. The number of nitrogens with one attached hydrogen (secondary N) is 1. The van der Waals surface area contributed by atoms with Crippen LogP contribution in [0.5, 0.6) is 0 Å². The summed E-state index contributed by atoms with van der Waals surface area (Å²) in [6.07, 6.45) is 0. The number of nitrogens with zero attached hydrogens (tertiary/aromatic N) is 3. The molecule has 11 heavy (non-hydrogen) atoms. The normalized spacial score (nSPS) is 13.2. The summed E-state index contributed by atoms with van der Waals surface area (Å²) in [5.41, 5.74) is 0. The molecule has 0 fully saturated rings. The van der Waals surface area contributed by atoms with Gasteiger partial charge in [-0.25, -0.2) is 4.99 Å². The van der Waals surface area contributed by atoms with E-state index >= 15 is 0 Å². The zero-order valence-corrected chi connectivity index (χ0v) is 7.84. The maximum Gasteiger partial charge on any atom is 0.219 e. The van der Waals surface area contributed by atoms with Crippen LogP contribution in [-0.4, -0.2) is 44.9 Å². The van der Waals surface area contributed by atoms with Gasteiger partial charge in [0.1, 0.15) is 5.84 Å². The number of hydrogen-bond acceptors (Lipinski definition) is 1. The molecular weight excluding hydrogens is 140 g/mol. The lowest BCUT2D eigenvalue weighted by atomic mass is 10.6. The summed E-state index contributed by atoms with van der Waals surface area (Å²) in [6.45, 7) is 1.93. The van der Waals surface area contributed by atoms with Crippen molar-refractivity contribution >= 4 is 11.8 Å². The van der Waals surface area contributed by atoms with Crippen LogP contribution in [0.15, 0.2) is 9.98 Å². The maximum atomic E-state index is 4.19. The Bertz CT molecular complexity index is 169. The predicted molar refractivity (Wildman–Crippen MR) is 49.2 cm³/mol. The fourth-order valence-electron chi connectivity index (χ4n) is 0.471. The SMILES string of the molecule is CN=C(N=C(C)N(C)C)NC. The second-order valence-electron chi connectivity index (χ2n) is 2.35. The largest absolute Gasteiger partial charge is 0.366 e. The predicted octanol–water partition coefficient (Wildman–Crippen LogP) is 0.172. The first-order chi connectivity index (χ1) is 5.11. The van der Waals surface area contributed by atoms with Crippen LogP contribution in [0.3, 0.4) is 0 Å². The summed E-state index contributed by atoms with van der Waals surface area (Å²) in [5.74, 6) is 1.58. The monoisotopic (exact) mass is 156 g/mol. The minimum Gasteiger partial charge on any atom is -0.366 e. The fourth-order valence-corrected chi connectivity index (χ4v) is 0.471. The van der Waals surface area contributed by atoms with E-state index in [2.05, 4.69) is 15.3 Å². The van der Waals surface area contributed by atoms with E-state index in [1.165, 1.54) is 0 Å². The van der Waals surface area contributed by atoms with E-state index < -0.39 is 0 Å². The average Bonchev–Trinajstić information content (AvgIpc) is 1.99. The highest BCUT2D eigenvalue weighted by atomic mass is 15.2. The van der Waals surface area contributed by atoms with Gasteiger partial charge in [0.25, 0.3) is 0 Å². The van der Waals surface area contributed by atoms with E-state index in [9.17, 15) is 0 Å². The first-order valence-corrected chi connectivity index (χ1v) is 3.49. The number of rotatable bonds is 0. The van der Waals surface area contributed by atoms with Crippen molar-refractivity contribution in [2.24, 2.45) is 9.98 Å². The molecule has 0 saturated carbocycles. The van der Waals surface area contributed by atoms with E-state index in [0.29, 0.717) is 5.96 Å². The van der Waals surface area contributed by atoms with Crippen LogP contribution in [0.2, 0.25) is 0 Å². The zero-order chi connectivity index (χ0) is 8.85. The van der Waals surface area contributed by atoms with Crippen molar-refractivity contribution in [1.29, 1.82) is 0 Å². The third-order valence-electron chi connectivity index (χ3n) is 1.35. The van der Waals surface area contributed by atoms with Crippen LogP contribution >= 0.6 is 0 Å². The standard InChI is InChI=1S/C7H16N4/c1-6(11(4)5)10-7(8-2)9-3/h1-5H3,(H,8,9). The summed E-state index contributed by atoms with van der Waals surface area (Å²) < 4.78 is 0. The highest BCUT2D eigenvalue weighted by Crippen LogP contribution is 1.83. The number of amidine groups is 1. The molecule has 0 aromatic heterocycles. The van der Waals surface area contributed by atoms with Crippen LogP contribution in [0.4, 0.5) is 0 Å². The van der Waals surface area contributed by atoms with E-state index in [-0.39, 0.29) is 0 Å². The lowest BCUT2D eigenvalue weighted by molar-refractivity contribution is 0.619. The molecule has 4 heteroatoms. The van der Waals surface area contributed by atoms with E-state index in [1.54, 1.807) is 14.1 Å².